The van der Waals surface area contributed by atoms with Gasteiger partial charge in [0.05, 0.1) is 6.54 Å². The Hall–Kier alpha value is -1.22. The lowest BCUT2D eigenvalue weighted by Crippen LogP contribution is -2.49. The second kappa shape index (κ2) is 10.1. The predicted molar refractivity (Wildman–Crippen MR) is 94.9 cm³/mol. The van der Waals surface area contributed by atoms with Crippen LogP contribution >= 0.6 is 0 Å². The van der Waals surface area contributed by atoms with Crippen LogP contribution in [0.5, 0.6) is 0 Å². The van der Waals surface area contributed by atoms with E-state index in [-0.39, 0.29) is 6.54 Å². The fourth-order valence-corrected chi connectivity index (χ4v) is 3.64. The van der Waals surface area contributed by atoms with Gasteiger partial charge >= 0.3 is 11.9 Å². The third-order valence-corrected chi connectivity index (χ3v) is 5.30. The van der Waals surface area contributed by atoms with Crippen molar-refractivity contribution >= 4 is 11.9 Å². The van der Waals surface area contributed by atoms with Gasteiger partial charge in [0.25, 0.3) is 0 Å². The Morgan fingerprint density at radius 1 is 0.800 bits per heavy atom. The van der Waals surface area contributed by atoms with Crippen LogP contribution in [-0.4, -0.2) is 120 Å². The zero-order chi connectivity index (χ0) is 18.2. The average Bonchev–Trinajstić information content (AvgIpc) is 2.57. The van der Waals surface area contributed by atoms with Crippen molar-refractivity contribution in [3.05, 3.63) is 0 Å². The van der Waals surface area contributed by atoms with Crippen LogP contribution in [0.2, 0.25) is 0 Å². The fourth-order valence-electron chi connectivity index (χ4n) is 3.64. The highest BCUT2D eigenvalue weighted by atomic mass is 16.4. The summed E-state index contributed by atoms with van der Waals surface area (Å²) in [5.74, 6) is -1.52. The van der Waals surface area contributed by atoms with E-state index in [1.807, 2.05) is 4.90 Å². The molecule has 2 saturated heterocycles. The molecule has 2 rings (SSSR count). The summed E-state index contributed by atoms with van der Waals surface area (Å²) >= 11 is 0. The standard InChI is InChI=1S/C17H32N4O4/c1-15(17(24)25)21-7-3-5-18-8-9-19(12-13-21)4-2-6-20(11-10-18)14-16(22)23/h15H,2-14H2,1H3,(H,22,23)(H,24,25). The molecule has 0 aromatic carbocycles. The number of fused-ring (bicyclic) bond motifs is 3. The van der Waals surface area contributed by atoms with E-state index in [0.717, 1.165) is 78.3 Å². The molecule has 0 spiro atoms. The molecule has 2 heterocycles. The first kappa shape index (κ1) is 20.1. The van der Waals surface area contributed by atoms with E-state index >= 15 is 0 Å². The molecular weight excluding hydrogens is 324 g/mol. The summed E-state index contributed by atoms with van der Waals surface area (Å²) in [6, 6.07) is -0.450. The van der Waals surface area contributed by atoms with Crippen LogP contribution in [0.25, 0.3) is 0 Å². The maximum Gasteiger partial charge on any atom is 0.320 e. The van der Waals surface area contributed by atoms with Crippen molar-refractivity contribution in [3.8, 4) is 0 Å². The van der Waals surface area contributed by atoms with E-state index < -0.39 is 18.0 Å². The molecule has 2 N–H and O–H groups in total. The Kier molecular flexibility index (Phi) is 8.08. The summed E-state index contributed by atoms with van der Waals surface area (Å²) in [5.41, 5.74) is 0. The zero-order valence-corrected chi connectivity index (χ0v) is 15.3. The summed E-state index contributed by atoms with van der Waals surface area (Å²) in [4.78, 5) is 31.3. The van der Waals surface area contributed by atoms with Crippen molar-refractivity contribution in [1.82, 2.24) is 19.6 Å². The Labute approximate surface area is 150 Å². The van der Waals surface area contributed by atoms with Gasteiger partial charge in [0.15, 0.2) is 0 Å². The number of nitrogens with zero attached hydrogens (tertiary/aromatic N) is 4. The summed E-state index contributed by atoms with van der Waals surface area (Å²) < 4.78 is 0. The largest absolute Gasteiger partial charge is 0.480 e. The molecule has 8 heteroatoms. The van der Waals surface area contributed by atoms with Crippen molar-refractivity contribution in [1.29, 1.82) is 0 Å². The first-order valence-corrected chi connectivity index (χ1v) is 9.31. The highest BCUT2D eigenvalue weighted by Gasteiger charge is 2.23. The minimum absolute atomic E-state index is 0.109. The minimum atomic E-state index is -0.764. The van der Waals surface area contributed by atoms with Crippen molar-refractivity contribution in [2.24, 2.45) is 0 Å². The number of hydrogen-bond donors (Lipinski definition) is 2. The highest BCUT2D eigenvalue weighted by Crippen LogP contribution is 2.08. The molecule has 144 valence electrons. The van der Waals surface area contributed by atoms with Gasteiger partial charge in [-0.2, -0.15) is 0 Å². The molecular formula is C17H32N4O4. The Balaban J connectivity index is 2.00. The van der Waals surface area contributed by atoms with Gasteiger partial charge in [-0.05, 0) is 32.9 Å². The second-order valence-corrected chi connectivity index (χ2v) is 7.11. The van der Waals surface area contributed by atoms with Crippen LogP contribution in [0.4, 0.5) is 0 Å². The van der Waals surface area contributed by atoms with E-state index in [1.54, 1.807) is 6.92 Å². The molecule has 2 aliphatic rings. The molecule has 2 bridgehead atoms. The lowest BCUT2D eigenvalue weighted by atomic mass is 10.2. The first-order valence-electron chi connectivity index (χ1n) is 9.31. The lowest BCUT2D eigenvalue weighted by Gasteiger charge is -2.36. The molecule has 0 aliphatic carbocycles. The highest BCUT2D eigenvalue weighted by molar-refractivity contribution is 5.72. The van der Waals surface area contributed by atoms with Crippen LogP contribution in [0.15, 0.2) is 0 Å². The van der Waals surface area contributed by atoms with Gasteiger partial charge in [-0.1, -0.05) is 0 Å². The van der Waals surface area contributed by atoms with E-state index in [9.17, 15) is 14.7 Å². The monoisotopic (exact) mass is 356 g/mol. The maximum atomic E-state index is 11.3. The van der Waals surface area contributed by atoms with Gasteiger partial charge in [-0.15, -0.1) is 0 Å². The van der Waals surface area contributed by atoms with Crippen LogP contribution in [0.1, 0.15) is 19.8 Å². The van der Waals surface area contributed by atoms with Crippen molar-refractivity contribution < 1.29 is 19.8 Å². The van der Waals surface area contributed by atoms with Crippen LogP contribution < -0.4 is 0 Å². The number of carboxylic acids is 2. The summed E-state index contributed by atoms with van der Waals surface area (Å²) in [5, 5.41) is 18.4. The Bertz CT molecular complexity index is 448. The molecule has 25 heavy (non-hydrogen) atoms. The van der Waals surface area contributed by atoms with Crippen molar-refractivity contribution in [2.75, 3.05) is 72.0 Å². The van der Waals surface area contributed by atoms with E-state index in [1.165, 1.54) is 0 Å². The topological polar surface area (TPSA) is 87.6 Å². The van der Waals surface area contributed by atoms with Gasteiger partial charge in [0.1, 0.15) is 6.04 Å². The van der Waals surface area contributed by atoms with Crippen molar-refractivity contribution in [2.45, 2.75) is 25.8 Å². The number of aliphatic carboxylic acids is 2. The lowest BCUT2D eigenvalue weighted by molar-refractivity contribution is -0.143. The van der Waals surface area contributed by atoms with Crippen LogP contribution in [0, 0.1) is 0 Å². The van der Waals surface area contributed by atoms with Gasteiger partial charge in [0.2, 0.25) is 0 Å². The fraction of sp³-hybridized carbons (Fsp3) is 0.882. The van der Waals surface area contributed by atoms with Gasteiger partial charge in [-0.25, -0.2) is 0 Å². The van der Waals surface area contributed by atoms with Crippen LogP contribution in [-0.2, 0) is 9.59 Å². The molecule has 8 nitrogen and oxygen atoms in total. The van der Waals surface area contributed by atoms with Gasteiger partial charge in [0, 0.05) is 52.4 Å². The maximum absolute atomic E-state index is 11.3. The van der Waals surface area contributed by atoms with Crippen molar-refractivity contribution in [3.63, 3.8) is 0 Å². The molecule has 0 radical (unpaired) electrons. The van der Waals surface area contributed by atoms with E-state index in [0.29, 0.717) is 0 Å². The average molecular weight is 356 g/mol. The third kappa shape index (κ3) is 6.89. The van der Waals surface area contributed by atoms with Gasteiger partial charge < -0.3 is 20.0 Å². The molecule has 2 fully saturated rings. The number of carboxylic acid groups (broad SMARTS) is 2. The number of hydrogen-bond acceptors (Lipinski definition) is 6. The summed E-state index contributed by atoms with van der Waals surface area (Å²) in [6.45, 7) is 10.6. The molecule has 0 saturated carbocycles. The van der Waals surface area contributed by atoms with Gasteiger partial charge in [-0.3, -0.25) is 19.4 Å². The molecule has 0 amide bonds. The molecule has 0 aromatic rings. The summed E-state index contributed by atoms with van der Waals surface area (Å²) in [6.07, 6.45) is 1.89. The van der Waals surface area contributed by atoms with Crippen LogP contribution in [0.3, 0.4) is 0 Å². The van der Waals surface area contributed by atoms with E-state index in [4.69, 9.17) is 5.11 Å². The Morgan fingerprint density at radius 3 is 1.96 bits per heavy atom. The Morgan fingerprint density at radius 2 is 1.36 bits per heavy atom. The predicted octanol–water partition coefficient (Wildman–Crippen LogP) is -0.440. The molecule has 2 aliphatic heterocycles. The normalized spacial score (nSPS) is 29.0. The summed E-state index contributed by atoms with van der Waals surface area (Å²) in [7, 11) is 0. The molecule has 0 aromatic heterocycles. The second-order valence-electron chi connectivity index (χ2n) is 7.11. The molecule has 3 unspecified atom stereocenters. The number of rotatable bonds is 4. The smallest absolute Gasteiger partial charge is 0.320 e. The van der Waals surface area contributed by atoms with E-state index in [2.05, 4.69) is 14.7 Å². The molecule has 3 atom stereocenters. The zero-order valence-electron chi connectivity index (χ0n) is 15.3. The number of carbonyl (C=O) groups is 2. The quantitative estimate of drug-likeness (QED) is 0.701. The minimum Gasteiger partial charge on any atom is -0.480 e. The SMILES string of the molecule is CC(C(=O)O)N1CCCN2CCN(CCCN(CC(=O)O)CC2)CC1. The first-order chi connectivity index (χ1) is 12.0. The third-order valence-electron chi connectivity index (χ3n) is 5.30.